The predicted molar refractivity (Wildman–Crippen MR) is 126 cm³/mol. The maximum absolute atomic E-state index is 13.1. The molecule has 7 heteroatoms. The summed E-state index contributed by atoms with van der Waals surface area (Å²) in [4.78, 5) is 38.6. The lowest BCUT2D eigenvalue weighted by Gasteiger charge is -2.40. The van der Waals surface area contributed by atoms with E-state index in [-0.39, 0.29) is 43.5 Å². The van der Waals surface area contributed by atoms with E-state index in [1.54, 1.807) is 4.90 Å². The van der Waals surface area contributed by atoms with E-state index < -0.39 is 18.0 Å². The number of carboxylic acid groups (broad SMARTS) is 1. The number of hydrogen-bond donors (Lipinski definition) is 2. The third-order valence-corrected chi connectivity index (χ3v) is 7.52. The molecule has 0 spiro atoms. The van der Waals surface area contributed by atoms with Crippen molar-refractivity contribution in [1.29, 1.82) is 0 Å². The number of hydrogen-bond acceptors (Lipinski definition) is 4. The van der Waals surface area contributed by atoms with Crippen LogP contribution in [-0.4, -0.2) is 53.7 Å². The summed E-state index contributed by atoms with van der Waals surface area (Å²) < 4.78 is 5.71. The Morgan fingerprint density at radius 3 is 2.18 bits per heavy atom. The van der Waals surface area contributed by atoms with Crippen molar-refractivity contribution in [3.63, 3.8) is 0 Å². The maximum Gasteiger partial charge on any atom is 0.407 e. The molecular weight excluding hydrogens is 432 g/mol. The highest BCUT2D eigenvalue weighted by Gasteiger charge is 2.41. The number of ether oxygens (including phenoxy) is 1. The third kappa shape index (κ3) is 4.27. The van der Waals surface area contributed by atoms with E-state index in [4.69, 9.17) is 9.84 Å². The molecule has 1 heterocycles. The molecule has 34 heavy (non-hydrogen) atoms. The minimum atomic E-state index is -0.863. The SMILES string of the molecule is O=C(N[C@@H]1CCCCC[C@@H]1C(=O)N1CC(C(=O)O)C1)OCC1c2ccccc2-c2ccccc21. The number of carbonyl (C=O) groups is 3. The number of aliphatic carboxylic acids is 1. The quantitative estimate of drug-likeness (QED) is 0.655. The van der Waals surface area contributed by atoms with Crippen LogP contribution < -0.4 is 5.32 Å². The lowest BCUT2D eigenvalue weighted by atomic mass is 9.90. The average Bonchev–Trinajstić information content (AvgIpc) is 2.93. The van der Waals surface area contributed by atoms with Gasteiger partial charge in [-0.1, -0.05) is 67.8 Å². The van der Waals surface area contributed by atoms with Crippen molar-refractivity contribution >= 4 is 18.0 Å². The van der Waals surface area contributed by atoms with E-state index in [1.807, 2.05) is 24.3 Å². The molecule has 2 aliphatic carbocycles. The van der Waals surface area contributed by atoms with Crippen LogP contribution in [0.5, 0.6) is 0 Å². The van der Waals surface area contributed by atoms with Crippen molar-refractivity contribution in [1.82, 2.24) is 10.2 Å². The van der Waals surface area contributed by atoms with Crippen LogP contribution in [0.1, 0.15) is 49.1 Å². The molecule has 0 radical (unpaired) electrons. The minimum absolute atomic E-state index is 0.0150. The van der Waals surface area contributed by atoms with Crippen LogP contribution in [0.4, 0.5) is 4.79 Å². The zero-order valence-electron chi connectivity index (χ0n) is 19.1. The number of alkyl carbamates (subject to hydrolysis) is 1. The molecule has 3 aliphatic rings. The Labute approximate surface area is 199 Å². The molecule has 1 aliphatic heterocycles. The minimum Gasteiger partial charge on any atom is -0.481 e. The summed E-state index contributed by atoms with van der Waals surface area (Å²) >= 11 is 0. The molecule has 2 amide bonds. The monoisotopic (exact) mass is 462 g/mol. The molecule has 2 aromatic carbocycles. The third-order valence-electron chi connectivity index (χ3n) is 7.52. The van der Waals surface area contributed by atoms with Crippen LogP contribution in [0.3, 0.4) is 0 Å². The fourth-order valence-electron chi connectivity index (χ4n) is 5.62. The molecule has 2 N–H and O–H groups in total. The summed E-state index contributed by atoms with van der Waals surface area (Å²) in [6.45, 7) is 0.738. The second-order valence-electron chi connectivity index (χ2n) is 9.60. The van der Waals surface area contributed by atoms with Crippen LogP contribution in [-0.2, 0) is 14.3 Å². The van der Waals surface area contributed by atoms with Gasteiger partial charge < -0.3 is 20.1 Å². The smallest absolute Gasteiger partial charge is 0.407 e. The zero-order valence-corrected chi connectivity index (χ0v) is 19.1. The largest absolute Gasteiger partial charge is 0.481 e. The Morgan fingerprint density at radius 2 is 1.53 bits per heavy atom. The summed E-state index contributed by atoms with van der Waals surface area (Å²) in [6, 6.07) is 16.1. The second kappa shape index (κ2) is 9.49. The van der Waals surface area contributed by atoms with Gasteiger partial charge in [0.05, 0.1) is 11.8 Å². The van der Waals surface area contributed by atoms with Gasteiger partial charge in [0, 0.05) is 25.0 Å². The van der Waals surface area contributed by atoms with Gasteiger partial charge in [0.1, 0.15) is 6.61 Å². The molecule has 0 aromatic heterocycles. The molecule has 2 fully saturated rings. The first kappa shape index (κ1) is 22.4. The summed E-state index contributed by atoms with van der Waals surface area (Å²) in [5.41, 5.74) is 4.67. The van der Waals surface area contributed by atoms with Gasteiger partial charge in [-0.25, -0.2) is 4.79 Å². The number of amides is 2. The number of fused-ring (bicyclic) bond motifs is 3. The van der Waals surface area contributed by atoms with Crippen LogP contribution in [0.2, 0.25) is 0 Å². The Hall–Kier alpha value is -3.35. The lowest BCUT2D eigenvalue weighted by Crippen LogP contribution is -2.57. The van der Waals surface area contributed by atoms with Crippen molar-refractivity contribution in [3.8, 4) is 11.1 Å². The molecule has 5 rings (SSSR count). The Kier molecular flexibility index (Phi) is 6.26. The standard InChI is InChI=1S/C27H30N2O5/c30-25(29-14-17(15-29)26(31)32)22-12-2-1-3-13-24(22)28-27(33)34-16-23-20-10-6-4-8-18(20)19-9-5-7-11-21(19)23/h4-11,17,22-24H,1-3,12-16H2,(H,28,33)(H,31,32)/t22-,24+/m0/s1. The van der Waals surface area contributed by atoms with Gasteiger partial charge in [-0.2, -0.15) is 0 Å². The zero-order chi connectivity index (χ0) is 23.7. The van der Waals surface area contributed by atoms with E-state index in [0.717, 1.165) is 36.8 Å². The molecule has 0 unspecified atom stereocenters. The lowest BCUT2D eigenvalue weighted by molar-refractivity contribution is -0.155. The first-order chi connectivity index (χ1) is 16.5. The van der Waals surface area contributed by atoms with Gasteiger partial charge in [-0.05, 0) is 35.1 Å². The van der Waals surface area contributed by atoms with Crippen molar-refractivity contribution < 1.29 is 24.2 Å². The van der Waals surface area contributed by atoms with Crippen molar-refractivity contribution in [3.05, 3.63) is 59.7 Å². The highest BCUT2D eigenvalue weighted by Crippen LogP contribution is 2.44. The molecule has 1 saturated heterocycles. The second-order valence-corrected chi connectivity index (χ2v) is 9.60. The number of nitrogens with one attached hydrogen (secondary N) is 1. The van der Waals surface area contributed by atoms with E-state index >= 15 is 0 Å². The summed E-state index contributed by atoms with van der Waals surface area (Å²) in [5, 5.41) is 12.1. The van der Waals surface area contributed by atoms with Gasteiger partial charge in [-0.15, -0.1) is 0 Å². The van der Waals surface area contributed by atoms with Gasteiger partial charge in [0.2, 0.25) is 5.91 Å². The number of benzene rings is 2. The van der Waals surface area contributed by atoms with E-state index in [1.165, 1.54) is 11.1 Å². The molecular formula is C27H30N2O5. The molecule has 7 nitrogen and oxygen atoms in total. The fourth-order valence-corrected chi connectivity index (χ4v) is 5.62. The molecule has 2 atom stereocenters. The number of carboxylic acids is 1. The highest BCUT2D eigenvalue weighted by atomic mass is 16.5. The summed E-state index contributed by atoms with van der Waals surface area (Å²) in [6.07, 6.45) is 3.80. The summed E-state index contributed by atoms with van der Waals surface area (Å²) in [5.74, 6) is -1.75. The molecule has 178 valence electrons. The van der Waals surface area contributed by atoms with E-state index in [2.05, 4.69) is 29.6 Å². The molecule has 0 bridgehead atoms. The number of rotatable bonds is 5. The van der Waals surface area contributed by atoms with Crippen LogP contribution in [0.25, 0.3) is 11.1 Å². The van der Waals surface area contributed by atoms with Gasteiger partial charge in [0.25, 0.3) is 0 Å². The van der Waals surface area contributed by atoms with Crippen LogP contribution >= 0.6 is 0 Å². The first-order valence-electron chi connectivity index (χ1n) is 12.2. The topological polar surface area (TPSA) is 95.9 Å². The number of likely N-dealkylation sites (tertiary alicyclic amines) is 1. The fraction of sp³-hybridized carbons (Fsp3) is 0.444. The Bertz CT molecular complexity index is 1050. The highest BCUT2D eigenvalue weighted by molar-refractivity contribution is 5.84. The predicted octanol–water partition coefficient (Wildman–Crippen LogP) is 4.02. The maximum atomic E-state index is 13.1. The van der Waals surface area contributed by atoms with Crippen molar-refractivity contribution in [2.75, 3.05) is 19.7 Å². The average molecular weight is 463 g/mol. The normalized spacial score (nSPS) is 22.2. The number of carbonyl (C=O) groups excluding carboxylic acids is 2. The van der Waals surface area contributed by atoms with Gasteiger partial charge in [-0.3, -0.25) is 9.59 Å². The molecule has 2 aromatic rings. The van der Waals surface area contributed by atoms with Crippen molar-refractivity contribution in [2.45, 2.75) is 44.1 Å². The van der Waals surface area contributed by atoms with Crippen LogP contribution in [0.15, 0.2) is 48.5 Å². The van der Waals surface area contributed by atoms with Crippen LogP contribution in [0, 0.1) is 11.8 Å². The van der Waals surface area contributed by atoms with Gasteiger partial charge in [0.15, 0.2) is 0 Å². The van der Waals surface area contributed by atoms with Gasteiger partial charge >= 0.3 is 12.1 Å². The Morgan fingerprint density at radius 1 is 0.912 bits per heavy atom. The molecule has 1 saturated carbocycles. The van der Waals surface area contributed by atoms with E-state index in [9.17, 15) is 14.4 Å². The van der Waals surface area contributed by atoms with Crippen molar-refractivity contribution in [2.24, 2.45) is 11.8 Å². The Balaban J connectivity index is 1.23. The number of nitrogens with zero attached hydrogens (tertiary/aromatic N) is 1. The van der Waals surface area contributed by atoms with E-state index in [0.29, 0.717) is 6.42 Å². The summed E-state index contributed by atoms with van der Waals surface area (Å²) in [7, 11) is 0. The first-order valence-corrected chi connectivity index (χ1v) is 12.2.